The number of phenols is 1. The molecule has 0 fully saturated rings. The topological polar surface area (TPSA) is 20.2 Å². The van der Waals surface area contributed by atoms with Crippen molar-refractivity contribution < 1.29 is 6.53 Å². The second kappa shape index (κ2) is 13.0. The van der Waals surface area contributed by atoms with Crippen molar-refractivity contribution in [2.75, 3.05) is 0 Å². The third kappa shape index (κ3) is 7.54. The molecule has 1 unspecified atom stereocenters. The number of hydrogen-bond donors (Lipinski definition) is 1. The maximum absolute atomic E-state index is 9.61. The minimum absolute atomic E-state index is 0. The largest absolute Gasteiger partial charge is 0.508 e. The molecule has 1 aromatic rings. The highest BCUT2D eigenvalue weighted by Gasteiger charge is 2.19. The first-order valence-corrected chi connectivity index (χ1v) is 9.32. The molecule has 1 nitrogen and oxygen atoms in total. The molecule has 0 heterocycles. The summed E-state index contributed by atoms with van der Waals surface area (Å²) >= 11 is 0. The summed E-state index contributed by atoms with van der Waals surface area (Å²) in [5.74, 6) is 1.66. The lowest BCUT2D eigenvalue weighted by Gasteiger charge is -2.25. The summed E-state index contributed by atoms with van der Waals surface area (Å²) in [6.07, 6.45) is 13.9. The first-order chi connectivity index (χ1) is 11.2. The quantitative estimate of drug-likeness (QED) is 0.573. The van der Waals surface area contributed by atoms with Crippen LogP contribution in [-0.4, -0.2) is 5.11 Å². The van der Waals surface area contributed by atoms with Crippen LogP contribution in [0.15, 0.2) is 42.5 Å². The van der Waals surface area contributed by atoms with Crippen LogP contribution in [0.3, 0.4) is 0 Å². The van der Waals surface area contributed by atoms with Crippen molar-refractivity contribution >= 4 is 0 Å². The molecule has 0 amide bonds. The van der Waals surface area contributed by atoms with Gasteiger partial charge in [0.1, 0.15) is 5.75 Å². The fraction of sp³-hybridized carbons (Fsp3) is 0.545. The molecule has 0 aromatic heterocycles. The molecule has 0 saturated carbocycles. The molecule has 0 spiro atoms. The van der Waals surface area contributed by atoms with Gasteiger partial charge in [0.05, 0.1) is 0 Å². The van der Waals surface area contributed by atoms with E-state index in [4.69, 9.17) is 0 Å². The van der Waals surface area contributed by atoms with Crippen LogP contribution >= 0.6 is 0 Å². The molecule has 1 N–H and O–H groups in total. The highest BCUT2D eigenvalue weighted by Crippen LogP contribution is 2.35. The van der Waals surface area contributed by atoms with Crippen LogP contribution in [0.25, 0.3) is 0 Å². The molecule has 2 rings (SSSR count). The Morgan fingerprint density at radius 3 is 2.48 bits per heavy atom. The molecule has 1 heteroatoms. The number of aromatic hydroxyl groups is 1. The van der Waals surface area contributed by atoms with Gasteiger partial charge in [0.15, 0.2) is 0 Å². The van der Waals surface area contributed by atoms with E-state index in [1.165, 1.54) is 12.0 Å². The number of phenolic OH excluding ortho intramolecular Hbond substituents is 1. The monoisotopic (exact) mass is 318 g/mol. The molecular weight excluding hydrogens is 280 g/mol. The Kier molecular flexibility index (Phi) is 12.1. The normalized spacial score (nSPS) is 19.6. The molecule has 2 atom stereocenters. The first kappa shape index (κ1) is 21.5. The number of rotatable bonds is 4. The van der Waals surface area contributed by atoms with Crippen molar-refractivity contribution in [2.45, 2.75) is 73.1 Å². The minimum atomic E-state index is 0. The molecule has 23 heavy (non-hydrogen) atoms. The van der Waals surface area contributed by atoms with E-state index >= 15 is 0 Å². The Balaban J connectivity index is 0. The summed E-state index contributed by atoms with van der Waals surface area (Å²) in [6.45, 7) is 12.1. The van der Waals surface area contributed by atoms with Gasteiger partial charge in [-0.15, -0.1) is 0 Å². The lowest BCUT2D eigenvalue weighted by atomic mass is 9.80. The Morgan fingerprint density at radius 2 is 1.87 bits per heavy atom. The van der Waals surface area contributed by atoms with E-state index in [-0.39, 0.29) is 1.43 Å². The average molecular weight is 319 g/mol. The van der Waals surface area contributed by atoms with Crippen molar-refractivity contribution in [3.05, 3.63) is 53.6 Å². The second-order valence-electron chi connectivity index (χ2n) is 5.52. The second-order valence-corrected chi connectivity index (χ2v) is 5.52. The fourth-order valence-corrected chi connectivity index (χ4v) is 2.79. The molecule has 0 aliphatic heterocycles. The molecule has 0 bridgehead atoms. The molecule has 0 saturated heterocycles. The van der Waals surface area contributed by atoms with Crippen LogP contribution < -0.4 is 0 Å². The van der Waals surface area contributed by atoms with Crippen LogP contribution in [0, 0.1) is 12.8 Å². The standard InChI is InChI=1S/C18H24O.2C2H6.H2/c1-3-4-5-7-15-8-6-9-16(13-15)17-10-11-18(19)14(2)12-17;2*1-2;/h4-6,8,10-12,15-16,19H,3,7,9,13H2,1-2H3;2*1-2H3;1H/b5-4+;;;/t15?,16-;;;/m0.../s1. The summed E-state index contributed by atoms with van der Waals surface area (Å²) in [6, 6.07) is 6.04. The van der Waals surface area contributed by atoms with E-state index < -0.39 is 0 Å². The van der Waals surface area contributed by atoms with Crippen LogP contribution in [0.5, 0.6) is 5.75 Å². The van der Waals surface area contributed by atoms with E-state index in [1.54, 1.807) is 0 Å². The maximum atomic E-state index is 9.61. The van der Waals surface area contributed by atoms with Crippen molar-refractivity contribution in [2.24, 2.45) is 5.92 Å². The zero-order valence-electron chi connectivity index (χ0n) is 16.0. The fourth-order valence-electron chi connectivity index (χ4n) is 2.79. The lowest BCUT2D eigenvalue weighted by molar-refractivity contribution is 0.467. The van der Waals surface area contributed by atoms with Crippen LogP contribution in [0.4, 0.5) is 0 Å². The molecule has 0 radical (unpaired) electrons. The highest BCUT2D eigenvalue weighted by molar-refractivity contribution is 5.37. The van der Waals surface area contributed by atoms with Crippen LogP contribution in [0.2, 0.25) is 0 Å². The van der Waals surface area contributed by atoms with Crippen molar-refractivity contribution in [3.8, 4) is 5.75 Å². The van der Waals surface area contributed by atoms with Gasteiger partial charge in [-0.3, -0.25) is 0 Å². The third-order valence-corrected chi connectivity index (χ3v) is 3.95. The molecule has 1 aliphatic carbocycles. The van der Waals surface area contributed by atoms with E-state index in [1.807, 2.05) is 40.7 Å². The zero-order chi connectivity index (χ0) is 17.7. The van der Waals surface area contributed by atoms with E-state index in [2.05, 4.69) is 43.4 Å². The summed E-state index contributed by atoms with van der Waals surface area (Å²) in [4.78, 5) is 0. The van der Waals surface area contributed by atoms with E-state index in [0.717, 1.165) is 24.8 Å². The van der Waals surface area contributed by atoms with Crippen molar-refractivity contribution in [3.63, 3.8) is 0 Å². The summed E-state index contributed by atoms with van der Waals surface area (Å²) in [7, 11) is 0. The highest BCUT2D eigenvalue weighted by atomic mass is 16.3. The smallest absolute Gasteiger partial charge is 0.118 e. The Bertz CT molecular complexity index is 477. The Hall–Kier alpha value is -1.50. The molecule has 132 valence electrons. The first-order valence-electron chi connectivity index (χ1n) is 9.32. The zero-order valence-corrected chi connectivity index (χ0v) is 16.0. The summed E-state index contributed by atoms with van der Waals surface area (Å²) in [5.41, 5.74) is 2.35. The van der Waals surface area contributed by atoms with Gasteiger partial charge in [0.25, 0.3) is 0 Å². The van der Waals surface area contributed by atoms with Crippen molar-refractivity contribution in [1.29, 1.82) is 0 Å². The van der Waals surface area contributed by atoms with Gasteiger partial charge >= 0.3 is 0 Å². The number of benzene rings is 1. The van der Waals surface area contributed by atoms with Gasteiger partial charge < -0.3 is 5.11 Å². The lowest BCUT2D eigenvalue weighted by Crippen LogP contribution is -2.09. The summed E-state index contributed by atoms with van der Waals surface area (Å²) < 4.78 is 0. The van der Waals surface area contributed by atoms with E-state index in [0.29, 0.717) is 17.6 Å². The van der Waals surface area contributed by atoms with Crippen LogP contribution in [0.1, 0.15) is 78.8 Å². The predicted octanol–water partition coefficient (Wildman–Crippen LogP) is 7.41. The van der Waals surface area contributed by atoms with Crippen LogP contribution in [-0.2, 0) is 0 Å². The van der Waals surface area contributed by atoms with Gasteiger partial charge in [-0.2, -0.15) is 0 Å². The van der Waals surface area contributed by atoms with Gasteiger partial charge in [0, 0.05) is 1.43 Å². The molecule has 1 aliphatic rings. The minimum Gasteiger partial charge on any atom is -0.508 e. The molecular formula is C22H38O. The SMILES string of the molecule is CC.CC.CC/C=C/CC1C=CC[C@H](c2ccc(O)c(C)c2)C1.[HH]. The Morgan fingerprint density at radius 1 is 1.17 bits per heavy atom. The van der Waals surface area contributed by atoms with E-state index in [9.17, 15) is 5.11 Å². The number of hydrogen-bond acceptors (Lipinski definition) is 1. The maximum Gasteiger partial charge on any atom is 0.118 e. The average Bonchev–Trinajstić information content (AvgIpc) is 2.61. The predicted molar refractivity (Wildman–Crippen MR) is 106 cm³/mol. The van der Waals surface area contributed by atoms with Gasteiger partial charge in [-0.1, -0.05) is 71.1 Å². The Labute approximate surface area is 145 Å². The molecule has 1 aromatic carbocycles. The third-order valence-electron chi connectivity index (χ3n) is 3.95. The van der Waals surface area contributed by atoms with Gasteiger partial charge in [-0.05, 0) is 61.6 Å². The van der Waals surface area contributed by atoms with Gasteiger partial charge in [-0.25, -0.2) is 0 Å². The van der Waals surface area contributed by atoms with Gasteiger partial charge in [0.2, 0.25) is 0 Å². The number of aryl methyl sites for hydroxylation is 1. The van der Waals surface area contributed by atoms with Crippen molar-refractivity contribution in [1.82, 2.24) is 0 Å². The number of allylic oxidation sites excluding steroid dienone is 4. The summed E-state index contributed by atoms with van der Waals surface area (Å²) in [5, 5.41) is 9.61.